The highest BCUT2D eigenvalue weighted by atomic mass is 16.2. The van der Waals surface area contributed by atoms with E-state index in [1.54, 1.807) is 11.1 Å². The molecule has 1 aromatic carbocycles. The van der Waals surface area contributed by atoms with E-state index in [2.05, 4.69) is 15.3 Å². The first kappa shape index (κ1) is 14.0. The van der Waals surface area contributed by atoms with Crippen molar-refractivity contribution >= 4 is 23.1 Å². The van der Waals surface area contributed by atoms with E-state index in [0.29, 0.717) is 18.8 Å². The lowest BCUT2D eigenvalue weighted by molar-refractivity contribution is -0.118. The van der Waals surface area contributed by atoms with Crippen molar-refractivity contribution in [1.29, 1.82) is 5.26 Å². The van der Waals surface area contributed by atoms with E-state index in [1.807, 2.05) is 31.2 Å². The first-order valence-electron chi connectivity index (χ1n) is 7.14. The van der Waals surface area contributed by atoms with E-state index in [-0.39, 0.29) is 11.6 Å². The molecule has 0 radical (unpaired) electrons. The summed E-state index contributed by atoms with van der Waals surface area (Å²) in [6.45, 7) is 2.64. The minimum absolute atomic E-state index is 0.163. The molecular weight excluding hydrogens is 278 g/mol. The Morgan fingerprint density at radius 3 is 2.91 bits per heavy atom. The maximum Gasteiger partial charge on any atom is 0.227 e. The molecule has 3 rings (SSSR count). The van der Waals surface area contributed by atoms with Crippen molar-refractivity contribution in [2.45, 2.75) is 19.8 Å². The summed E-state index contributed by atoms with van der Waals surface area (Å²) in [4.78, 5) is 21.8. The molecule has 0 unspecified atom stereocenters. The second kappa shape index (κ2) is 5.82. The maximum atomic E-state index is 11.9. The molecular formula is C16H15N5O. The van der Waals surface area contributed by atoms with Crippen LogP contribution in [0.25, 0.3) is 0 Å². The van der Waals surface area contributed by atoms with Gasteiger partial charge >= 0.3 is 0 Å². The summed E-state index contributed by atoms with van der Waals surface area (Å²) in [6.07, 6.45) is 4.28. The summed E-state index contributed by atoms with van der Waals surface area (Å²) in [7, 11) is 0. The molecule has 0 spiro atoms. The van der Waals surface area contributed by atoms with Crippen molar-refractivity contribution in [1.82, 2.24) is 9.97 Å². The molecule has 0 aliphatic carbocycles. The van der Waals surface area contributed by atoms with E-state index >= 15 is 0 Å². The van der Waals surface area contributed by atoms with Crippen LogP contribution in [0.3, 0.4) is 0 Å². The average molecular weight is 293 g/mol. The molecule has 0 atom stereocenters. The summed E-state index contributed by atoms with van der Waals surface area (Å²) >= 11 is 0. The van der Waals surface area contributed by atoms with Gasteiger partial charge in [0.25, 0.3) is 0 Å². The van der Waals surface area contributed by atoms with Crippen molar-refractivity contribution in [3.05, 3.63) is 41.9 Å². The number of rotatable bonds is 3. The van der Waals surface area contributed by atoms with Crippen LogP contribution in [-0.2, 0) is 11.2 Å². The van der Waals surface area contributed by atoms with Crippen molar-refractivity contribution in [2.75, 3.05) is 16.8 Å². The Kier molecular flexibility index (Phi) is 3.71. The van der Waals surface area contributed by atoms with E-state index in [4.69, 9.17) is 5.26 Å². The summed E-state index contributed by atoms with van der Waals surface area (Å²) in [5, 5.41) is 12.2. The Hall–Kier alpha value is -2.94. The first-order valence-corrected chi connectivity index (χ1v) is 7.14. The van der Waals surface area contributed by atoms with Gasteiger partial charge in [0.2, 0.25) is 5.91 Å². The number of benzene rings is 1. The standard InChI is InChI=1S/C16H15N5O/c1-2-21-14-5-4-12(9-11(14)3-6-15(21)22)20-16-13(10-17)18-7-8-19-16/h4-5,7-9H,2-3,6H2,1H3,(H,19,20). The number of nitrogens with one attached hydrogen (secondary N) is 1. The normalized spacial score (nSPS) is 13.5. The lowest BCUT2D eigenvalue weighted by Crippen LogP contribution is -2.34. The number of fused-ring (bicyclic) bond motifs is 1. The Morgan fingerprint density at radius 1 is 1.32 bits per heavy atom. The predicted molar refractivity (Wildman–Crippen MR) is 82.8 cm³/mol. The highest BCUT2D eigenvalue weighted by molar-refractivity contribution is 5.96. The van der Waals surface area contributed by atoms with E-state index in [9.17, 15) is 4.79 Å². The van der Waals surface area contributed by atoms with Crippen molar-refractivity contribution in [2.24, 2.45) is 0 Å². The zero-order chi connectivity index (χ0) is 15.5. The fraction of sp³-hybridized carbons (Fsp3) is 0.250. The summed E-state index contributed by atoms with van der Waals surface area (Å²) in [6, 6.07) is 7.83. The van der Waals surface area contributed by atoms with Crippen LogP contribution in [0.4, 0.5) is 17.2 Å². The predicted octanol–water partition coefficient (Wildman–Crippen LogP) is 2.39. The van der Waals surface area contributed by atoms with Gasteiger partial charge in [0.05, 0.1) is 0 Å². The molecule has 2 aromatic rings. The number of hydrogen-bond acceptors (Lipinski definition) is 5. The Labute approximate surface area is 128 Å². The number of hydrogen-bond donors (Lipinski definition) is 1. The molecule has 1 N–H and O–H groups in total. The molecule has 6 heteroatoms. The maximum absolute atomic E-state index is 11.9. The fourth-order valence-electron chi connectivity index (χ4n) is 2.63. The SMILES string of the molecule is CCN1C(=O)CCc2cc(Nc3nccnc3C#N)ccc21. The van der Waals surface area contributed by atoms with Gasteiger partial charge in [-0.1, -0.05) is 0 Å². The van der Waals surface area contributed by atoms with Gasteiger partial charge < -0.3 is 10.2 Å². The number of carbonyl (C=O) groups excluding carboxylic acids is 1. The van der Waals surface area contributed by atoms with Gasteiger partial charge in [-0.25, -0.2) is 9.97 Å². The van der Waals surface area contributed by atoms with Crippen LogP contribution < -0.4 is 10.2 Å². The molecule has 1 aromatic heterocycles. The highest BCUT2D eigenvalue weighted by Crippen LogP contribution is 2.31. The minimum Gasteiger partial charge on any atom is -0.338 e. The smallest absolute Gasteiger partial charge is 0.227 e. The molecule has 1 aliphatic heterocycles. The van der Waals surface area contributed by atoms with Crippen LogP contribution in [0.2, 0.25) is 0 Å². The van der Waals surface area contributed by atoms with Crippen LogP contribution in [-0.4, -0.2) is 22.4 Å². The zero-order valence-corrected chi connectivity index (χ0v) is 12.2. The molecule has 6 nitrogen and oxygen atoms in total. The number of carbonyl (C=O) groups is 1. The van der Waals surface area contributed by atoms with Crippen molar-refractivity contribution in [3.63, 3.8) is 0 Å². The number of anilines is 3. The van der Waals surface area contributed by atoms with Gasteiger partial charge in [-0.2, -0.15) is 5.26 Å². The van der Waals surface area contributed by atoms with Crippen LogP contribution in [0.5, 0.6) is 0 Å². The average Bonchev–Trinajstić information content (AvgIpc) is 2.55. The second-order valence-electron chi connectivity index (χ2n) is 4.97. The lowest BCUT2D eigenvalue weighted by atomic mass is 10.0. The van der Waals surface area contributed by atoms with E-state index in [1.165, 1.54) is 6.20 Å². The summed E-state index contributed by atoms with van der Waals surface area (Å²) < 4.78 is 0. The number of nitrogens with zero attached hydrogens (tertiary/aromatic N) is 4. The van der Waals surface area contributed by atoms with Gasteiger partial charge in [0.15, 0.2) is 11.5 Å². The van der Waals surface area contributed by atoms with Gasteiger partial charge in [0.1, 0.15) is 6.07 Å². The van der Waals surface area contributed by atoms with Crippen LogP contribution in [0.1, 0.15) is 24.6 Å². The quantitative estimate of drug-likeness (QED) is 0.939. The second-order valence-corrected chi connectivity index (χ2v) is 4.97. The van der Waals surface area contributed by atoms with E-state index in [0.717, 1.165) is 23.4 Å². The molecule has 0 saturated carbocycles. The largest absolute Gasteiger partial charge is 0.338 e. The third-order valence-electron chi connectivity index (χ3n) is 3.66. The number of aryl methyl sites for hydroxylation is 1. The van der Waals surface area contributed by atoms with Gasteiger partial charge in [-0.15, -0.1) is 0 Å². The molecule has 110 valence electrons. The monoisotopic (exact) mass is 293 g/mol. The number of nitriles is 1. The molecule has 22 heavy (non-hydrogen) atoms. The number of aromatic nitrogens is 2. The van der Waals surface area contributed by atoms with Crippen molar-refractivity contribution in [3.8, 4) is 6.07 Å². The molecule has 0 bridgehead atoms. The Bertz CT molecular complexity index is 765. The third-order valence-corrected chi connectivity index (χ3v) is 3.66. The van der Waals surface area contributed by atoms with Gasteiger partial charge in [0, 0.05) is 36.7 Å². The first-order chi connectivity index (χ1) is 10.7. The van der Waals surface area contributed by atoms with Crippen LogP contribution in [0.15, 0.2) is 30.6 Å². The molecule has 0 saturated heterocycles. The lowest BCUT2D eigenvalue weighted by Gasteiger charge is -2.28. The topological polar surface area (TPSA) is 81.9 Å². The van der Waals surface area contributed by atoms with Crippen LogP contribution >= 0.6 is 0 Å². The Balaban J connectivity index is 1.92. The molecule has 1 aliphatic rings. The molecule has 0 fully saturated rings. The Morgan fingerprint density at radius 2 is 2.14 bits per heavy atom. The summed E-state index contributed by atoms with van der Waals surface area (Å²) in [5.41, 5.74) is 3.17. The number of amides is 1. The van der Waals surface area contributed by atoms with Gasteiger partial charge in [-0.05, 0) is 37.1 Å². The molecule has 2 heterocycles. The van der Waals surface area contributed by atoms with Crippen molar-refractivity contribution < 1.29 is 4.79 Å². The van der Waals surface area contributed by atoms with Gasteiger partial charge in [-0.3, -0.25) is 4.79 Å². The molecule has 1 amide bonds. The van der Waals surface area contributed by atoms with Crippen LogP contribution in [0, 0.1) is 11.3 Å². The minimum atomic E-state index is 0.163. The highest BCUT2D eigenvalue weighted by Gasteiger charge is 2.22. The fourth-order valence-corrected chi connectivity index (χ4v) is 2.63. The third kappa shape index (κ3) is 2.49. The zero-order valence-electron chi connectivity index (χ0n) is 12.2. The summed E-state index contributed by atoms with van der Waals surface area (Å²) in [5.74, 6) is 0.598. The van der Waals surface area contributed by atoms with E-state index < -0.39 is 0 Å².